The number of anilines is 1. The van der Waals surface area contributed by atoms with Crippen LogP contribution in [0.15, 0.2) is 18.2 Å². The van der Waals surface area contributed by atoms with E-state index in [4.69, 9.17) is 16.2 Å². The molecule has 1 aliphatic rings. The molecule has 0 atom stereocenters. The smallest absolute Gasteiger partial charge is 0.248 e. The fourth-order valence-corrected chi connectivity index (χ4v) is 2.46. The molecule has 4 N–H and O–H groups in total. The first-order chi connectivity index (χ1) is 7.66. The van der Waals surface area contributed by atoms with E-state index in [0.29, 0.717) is 16.5 Å². The molecule has 1 heterocycles. The van der Waals surface area contributed by atoms with Crippen LogP contribution in [-0.2, 0) is 10.5 Å². The summed E-state index contributed by atoms with van der Waals surface area (Å²) in [6.07, 6.45) is 0. The van der Waals surface area contributed by atoms with Crippen molar-refractivity contribution in [2.45, 2.75) is 11.0 Å². The lowest BCUT2D eigenvalue weighted by atomic mass is 10.1. The lowest BCUT2D eigenvalue weighted by Gasteiger charge is -2.25. The van der Waals surface area contributed by atoms with Crippen molar-refractivity contribution in [3.63, 3.8) is 0 Å². The van der Waals surface area contributed by atoms with Gasteiger partial charge in [-0.1, -0.05) is 6.07 Å². The maximum absolute atomic E-state index is 10.9. The van der Waals surface area contributed by atoms with Crippen LogP contribution < -0.4 is 11.5 Å². The summed E-state index contributed by atoms with van der Waals surface area (Å²) >= 11 is 1.82. The van der Waals surface area contributed by atoms with E-state index < -0.39 is 5.91 Å². The number of hydrogen-bond donors (Lipinski definition) is 2. The van der Waals surface area contributed by atoms with E-state index in [1.54, 1.807) is 12.1 Å². The van der Waals surface area contributed by atoms with Crippen molar-refractivity contribution >= 4 is 23.4 Å². The van der Waals surface area contributed by atoms with Gasteiger partial charge in [-0.05, 0) is 17.7 Å². The highest BCUT2D eigenvalue weighted by Gasteiger charge is 2.18. The Morgan fingerprint density at radius 1 is 1.50 bits per heavy atom. The first-order valence-electron chi connectivity index (χ1n) is 5.04. The zero-order chi connectivity index (χ0) is 11.5. The minimum absolute atomic E-state index is 0.446. The van der Waals surface area contributed by atoms with Crippen LogP contribution in [0.2, 0.25) is 0 Å². The Hall–Kier alpha value is -1.20. The lowest BCUT2D eigenvalue weighted by Crippen LogP contribution is -2.30. The molecule has 0 saturated carbocycles. The maximum atomic E-state index is 10.9. The second-order valence-corrected chi connectivity index (χ2v) is 5.04. The highest BCUT2D eigenvalue weighted by molar-refractivity contribution is 7.99. The van der Waals surface area contributed by atoms with Crippen LogP contribution in [-0.4, -0.2) is 24.4 Å². The summed E-state index contributed by atoms with van der Waals surface area (Å²) in [6, 6.07) is 5.21. The highest BCUT2D eigenvalue weighted by atomic mass is 32.2. The molecule has 0 spiro atoms. The second-order valence-electron chi connectivity index (χ2n) is 3.75. The predicted octanol–water partition coefficient (Wildman–Crippen LogP) is 1.000. The molecule has 1 aromatic carbocycles. The van der Waals surface area contributed by atoms with Crippen LogP contribution in [0.1, 0.15) is 15.9 Å². The third kappa shape index (κ3) is 2.48. The number of hydrogen-bond acceptors (Lipinski definition) is 4. The number of ether oxygens (including phenoxy) is 1. The van der Waals surface area contributed by atoms with Crippen molar-refractivity contribution in [2.24, 2.45) is 5.73 Å². The van der Waals surface area contributed by atoms with E-state index in [1.807, 2.05) is 17.8 Å². The van der Waals surface area contributed by atoms with Crippen molar-refractivity contribution in [3.8, 4) is 0 Å². The average molecular weight is 238 g/mol. The van der Waals surface area contributed by atoms with Gasteiger partial charge in [-0.2, -0.15) is 0 Å². The predicted molar refractivity (Wildman–Crippen MR) is 65.3 cm³/mol. The number of nitrogens with two attached hydrogens (primary N) is 2. The van der Waals surface area contributed by atoms with E-state index in [2.05, 4.69) is 0 Å². The molecule has 2 rings (SSSR count). The summed E-state index contributed by atoms with van der Waals surface area (Å²) in [6.45, 7) is 1.65. The average Bonchev–Trinajstić information content (AvgIpc) is 2.17. The Morgan fingerprint density at radius 3 is 2.75 bits per heavy atom. The molecule has 1 saturated heterocycles. The summed E-state index contributed by atoms with van der Waals surface area (Å²) in [7, 11) is 0. The number of thioether (sulfide) groups is 1. The van der Waals surface area contributed by atoms with Crippen molar-refractivity contribution in [2.75, 3.05) is 18.9 Å². The molecule has 0 unspecified atom stereocenters. The standard InChI is InChI=1S/C11H14N2O2S/c12-10-3-7(11(13)14)1-2-8(10)6-16-9-4-15-5-9/h1-3,9H,4-6,12H2,(H2,13,14). The number of carbonyl (C=O) groups excluding carboxylic acids is 1. The Labute approximate surface area is 98.3 Å². The molecule has 0 bridgehead atoms. The van der Waals surface area contributed by atoms with Gasteiger partial charge in [0.05, 0.1) is 18.5 Å². The summed E-state index contributed by atoms with van der Waals surface area (Å²) in [5.74, 6) is 0.400. The Morgan fingerprint density at radius 2 is 2.25 bits per heavy atom. The number of amides is 1. The van der Waals surface area contributed by atoms with Crippen LogP contribution >= 0.6 is 11.8 Å². The number of carbonyl (C=O) groups is 1. The third-order valence-corrected chi connectivity index (χ3v) is 3.73. The van der Waals surface area contributed by atoms with Crippen LogP contribution in [0.5, 0.6) is 0 Å². The molecule has 0 radical (unpaired) electrons. The maximum Gasteiger partial charge on any atom is 0.248 e. The topological polar surface area (TPSA) is 78.3 Å². The lowest BCUT2D eigenvalue weighted by molar-refractivity contribution is 0.0455. The summed E-state index contributed by atoms with van der Waals surface area (Å²) in [5.41, 5.74) is 13.2. The first kappa shape index (κ1) is 11.3. The molecular formula is C11H14N2O2S. The normalized spacial score (nSPS) is 15.8. The Balaban J connectivity index is 2.00. The van der Waals surface area contributed by atoms with Gasteiger partial charge < -0.3 is 16.2 Å². The molecule has 86 valence electrons. The second kappa shape index (κ2) is 4.76. The molecule has 0 aliphatic carbocycles. The number of benzene rings is 1. The summed E-state index contributed by atoms with van der Waals surface area (Å²) in [4.78, 5) is 10.9. The summed E-state index contributed by atoms with van der Waals surface area (Å²) < 4.78 is 5.09. The Kier molecular flexibility index (Phi) is 3.36. The number of primary amides is 1. The van der Waals surface area contributed by atoms with Crippen LogP contribution in [0.3, 0.4) is 0 Å². The van der Waals surface area contributed by atoms with Crippen molar-refractivity contribution in [1.29, 1.82) is 0 Å². The SMILES string of the molecule is NC(=O)c1ccc(CSC2COC2)c(N)c1. The van der Waals surface area contributed by atoms with Gasteiger partial charge in [0.1, 0.15) is 0 Å². The Bertz CT molecular complexity index is 405. The van der Waals surface area contributed by atoms with Gasteiger partial charge in [0, 0.05) is 17.0 Å². The molecule has 0 aromatic heterocycles. The molecule has 1 fully saturated rings. The van der Waals surface area contributed by atoms with Gasteiger partial charge in [0.2, 0.25) is 5.91 Å². The van der Waals surface area contributed by atoms with Crippen molar-refractivity contribution < 1.29 is 9.53 Å². The van der Waals surface area contributed by atoms with Gasteiger partial charge in [-0.25, -0.2) is 0 Å². The van der Waals surface area contributed by atoms with Gasteiger partial charge in [-0.15, -0.1) is 11.8 Å². The third-order valence-electron chi connectivity index (χ3n) is 2.51. The fourth-order valence-electron chi connectivity index (χ4n) is 1.40. The molecule has 1 amide bonds. The van der Waals surface area contributed by atoms with E-state index in [1.165, 1.54) is 0 Å². The van der Waals surface area contributed by atoms with Crippen molar-refractivity contribution in [3.05, 3.63) is 29.3 Å². The van der Waals surface area contributed by atoms with Crippen LogP contribution in [0.4, 0.5) is 5.69 Å². The quantitative estimate of drug-likeness (QED) is 0.767. The fraction of sp³-hybridized carbons (Fsp3) is 0.364. The largest absolute Gasteiger partial charge is 0.398 e. The van der Waals surface area contributed by atoms with E-state index in [9.17, 15) is 4.79 Å². The van der Waals surface area contributed by atoms with Gasteiger partial charge >= 0.3 is 0 Å². The molecule has 5 heteroatoms. The number of nitrogen functional groups attached to an aromatic ring is 1. The van der Waals surface area contributed by atoms with Crippen molar-refractivity contribution in [1.82, 2.24) is 0 Å². The highest BCUT2D eigenvalue weighted by Crippen LogP contribution is 2.26. The van der Waals surface area contributed by atoms with Crippen LogP contribution in [0, 0.1) is 0 Å². The molecule has 1 aliphatic heterocycles. The van der Waals surface area contributed by atoms with Gasteiger partial charge in [0.15, 0.2) is 0 Å². The minimum atomic E-state index is -0.446. The van der Waals surface area contributed by atoms with E-state index in [0.717, 1.165) is 24.5 Å². The zero-order valence-corrected chi connectivity index (χ0v) is 9.63. The minimum Gasteiger partial charge on any atom is -0.398 e. The number of rotatable bonds is 4. The molecule has 4 nitrogen and oxygen atoms in total. The van der Waals surface area contributed by atoms with Crippen LogP contribution in [0.25, 0.3) is 0 Å². The molecule has 16 heavy (non-hydrogen) atoms. The van der Waals surface area contributed by atoms with Gasteiger partial charge in [0.25, 0.3) is 0 Å². The molecular weight excluding hydrogens is 224 g/mol. The summed E-state index contributed by atoms with van der Waals surface area (Å²) in [5, 5.41) is 0.579. The molecule has 1 aromatic rings. The van der Waals surface area contributed by atoms with Gasteiger partial charge in [-0.3, -0.25) is 4.79 Å². The zero-order valence-electron chi connectivity index (χ0n) is 8.81. The monoisotopic (exact) mass is 238 g/mol. The first-order valence-corrected chi connectivity index (χ1v) is 6.09. The van der Waals surface area contributed by atoms with E-state index >= 15 is 0 Å². The van der Waals surface area contributed by atoms with E-state index in [-0.39, 0.29) is 0 Å².